The molecule has 0 aliphatic heterocycles. The predicted octanol–water partition coefficient (Wildman–Crippen LogP) is 5.81. The third-order valence-electron chi connectivity index (χ3n) is 5.78. The van der Waals surface area contributed by atoms with Crippen LogP contribution in [0.3, 0.4) is 0 Å². The van der Waals surface area contributed by atoms with Gasteiger partial charge in [0.25, 0.3) is 0 Å². The molecule has 2 heteroatoms. The third kappa shape index (κ3) is 3.75. The molecule has 0 spiro atoms. The van der Waals surface area contributed by atoms with Crippen LogP contribution in [-0.2, 0) is 0 Å². The first-order valence-electron chi connectivity index (χ1n) is 9.11. The molecule has 2 aromatic carbocycles. The largest absolute Gasteiger partial charge is 0.508 e. The predicted molar refractivity (Wildman–Crippen MR) is 98.5 cm³/mol. The second kappa shape index (κ2) is 7.29. The summed E-state index contributed by atoms with van der Waals surface area (Å²) < 4.78 is 0. The van der Waals surface area contributed by atoms with E-state index >= 15 is 0 Å². The topological polar surface area (TPSA) is 40.5 Å². The Morgan fingerprint density at radius 3 is 2.42 bits per heavy atom. The second-order valence-electron chi connectivity index (χ2n) is 7.55. The van der Waals surface area contributed by atoms with Crippen LogP contribution in [0.2, 0.25) is 0 Å². The minimum Gasteiger partial charge on any atom is -0.508 e. The maximum Gasteiger partial charge on any atom is 0.119 e. The molecule has 2 aromatic rings. The Kier molecular flexibility index (Phi) is 5.13. The Labute approximate surface area is 145 Å². The summed E-state index contributed by atoms with van der Waals surface area (Å²) in [5.41, 5.74) is 2.41. The fraction of sp³-hybridized carbons (Fsp3) is 0.455. The van der Waals surface area contributed by atoms with E-state index in [1.54, 1.807) is 18.2 Å². The average molecular weight is 324 g/mol. The van der Waals surface area contributed by atoms with Gasteiger partial charge in [0.05, 0.1) is 0 Å². The van der Waals surface area contributed by atoms with Gasteiger partial charge in [-0.15, -0.1) is 0 Å². The van der Waals surface area contributed by atoms with Crippen LogP contribution in [0, 0.1) is 11.8 Å². The van der Waals surface area contributed by atoms with Gasteiger partial charge in [-0.1, -0.05) is 50.6 Å². The Balaban J connectivity index is 1.69. The maximum atomic E-state index is 10.1. The number of phenols is 2. The zero-order valence-electron chi connectivity index (χ0n) is 14.7. The van der Waals surface area contributed by atoms with E-state index in [2.05, 4.69) is 26.0 Å². The third-order valence-corrected chi connectivity index (χ3v) is 5.78. The maximum absolute atomic E-state index is 10.1. The first-order valence-corrected chi connectivity index (χ1v) is 9.11. The highest BCUT2D eigenvalue weighted by Gasteiger charge is 2.30. The monoisotopic (exact) mass is 324 g/mol. The number of rotatable bonds is 4. The molecule has 0 saturated heterocycles. The molecule has 0 aromatic heterocycles. The minimum absolute atomic E-state index is 0.340. The lowest BCUT2D eigenvalue weighted by Crippen LogP contribution is -2.22. The van der Waals surface area contributed by atoms with Gasteiger partial charge in [-0.05, 0) is 72.3 Å². The molecule has 1 aliphatic carbocycles. The first kappa shape index (κ1) is 16.9. The van der Waals surface area contributed by atoms with Crippen LogP contribution in [0.5, 0.6) is 11.5 Å². The molecule has 0 amide bonds. The Bertz CT molecular complexity index is 662. The summed E-state index contributed by atoms with van der Waals surface area (Å²) in [5.74, 6) is 3.09. The van der Waals surface area contributed by atoms with Crippen molar-refractivity contribution in [1.29, 1.82) is 0 Å². The van der Waals surface area contributed by atoms with Crippen LogP contribution in [0.15, 0.2) is 48.5 Å². The number of phenolic OH excluding ortho intramolecular Hbond substituents is 2. The highest BCUT2D eigenvalue weighted by molar-refractivity contribution is 5.34. The van der Waals surface area contributed by atoms with E-state index in [0.29, 0.717) is 35.2 Å². The van der Waals surface area contributed by atoms with Gasteiger partial charge in [-0.3, -0.25) is 0 Å². The summed E-state index contributed by atoms with van der Waals surface area (Å²) >= 11 is 0. The molecule has 24 heavy (non-hydrogen) atoms. The van der Waals surface area contributed by atoms with E-state index in [1.165, 1.54) is 24.8 Å². The van der Waals surface area contributed by atoms with Gasteiger partial charge in [0.2, 0.25) is 0 Å². The molecule has 4 atom stereocenters. The van der Waals surface area contributed by atoms with Gasteiger partial charge in [0.1, 0.15) is 11.5 Å². The summed E-state index contributed by atoms with van der Waals surface area (Å²) in [7, 11) is 0. The Hall–Kier alpha value is -1.96. The van der Waals surface area contributed by atoms with Crippen molar-refractivity contribution < 1.29 is 10.2 Å². The molecule has 3 rings (SSSR count). The molecular formula is C22H28O2. The molecule has 2 nitrogen and oxygen atoms in total. The van der Waals surface area contributed by atoms with Gasteiger partial charge in [-0.25, -0.2) is 0 Å². The van der Waals surface area contributed by atoms with E-state index in [1.807, 2.05) is 18.2 Å². The first-order chi connectivity index (χ1) is 11.5. The normalized spacial score (nSPS) is 25.3. The van der Waals surface area contributed by atoms with Crippen molar-refractivity contribution in [3.8, 4) is 11.5 Å². The van der Waals surface area contributed by atoms with Crippen molar-refractivity contribution in [3.05, 3.63) is 59.7 Å². The summed E-state index contributed by atoms with van der Waals surface area (Å²) in [6.07, 6.45) is 4.85. The zero-order chi connectivity index (χ0) is 17.1. The average Bonchev–Trinajstić information content (AvgIpc) is 2.58. The van der Waals surface area contributed by atoms with E-state index in [0.717, 1.165) is 12.0 Å². The molecule has 2 N–H and O–H groups in total. The van der Waals surface area contributed by atoms with Crippen molar-refractivity contribution >= 4 is 0 Å². The standard InChI is InChI=1S/C22H28O2/c1-15-7-8-17(13-16(2)20-5-3-4-6-22(20)24)14-21(15)18-9-11-19(23)12-10-18/h3-6,9-12,15-17,21,23-24H,7-8,13-14H2,1-2H3. The summed E-state index contributed by atoms with van der Waals surface area (Å²) in [4.78, 5) is 0. The minimum atomic E-state index is 0.340. The van der Waals surface area contributed by atoms with Crippen molar-refractivity contribution in [1.82, 2.24) is 0 Å². The van der Waals surface area contributed by atoms with E-state index < -0.39 is 0 Å². The molecule has 1 saturated carbocycles. The van der Waals surface area contributed by atoms with E-state index in [4.69, 9.17) is 0 Å². The van der Waals surface area contributed by atoms with Crippen LogP contribution in [0.1, 0.15) is 62.5 Å². The van der Waals surface area contributed by atoms with Gasteiger partial charge in [0.15, 0.2) is 0 Å². The highest BCUT2D eigenvalue weighted by atomic mass is 16.3. The van der Waals surface area contributed by atoms with Crippen molar-refractivity contribution in [2.24, 2.45) is 11.8 Å². The van der Waals surface area contributed by atoms with Crippen molar-refractivity contribution in [3.63, 3.8) is 0 Å². The SMILES string of the molecule is CC(CC1CCC(C)C(c2ccc(O)cc2)C1)c1ccccc1O. The van der Waals surface area contributed by atoms with Gasteiger partial charge in [0, 0.05) is 0 Å². The van der Waals surface area contributed by atoms with Crippen LogP contribution in [0.25, 0.3) is 0 Å². The van der Waals surface area contributed by atoms with Crippen LogP contribution in [-0.4, -0.2) is 10.2 Å². The molecular weight excluding hydrogens is 296 g/mol. The van der Waals surface area contributed by atoms with Crippen LogP contribution < -0.4 is 0 Å². The molecule has 0 heterocycles. The smallest absolute Gasteiger partial charge is 0.119 e. The lowest BCUT2D eigenvalue weighted by Gasteiger charge is -2.36. The van der Waals surface area contributed by atoms with Crippen molar-refractivity contribution in [2.45, 2.75) is 51.4 Å². The van der Waals surface area contributed by atoms with E-state index in [-0.39, 0.29) is 0 Å². The number of hydrogen-bond acceptors (Lipinski definition) is 2. The summed E-state index contributed by atoms with van der Waals surface area (Å²) in [6, 6.07) is 15.5. The summed E-state index contributed by atoms with van der Waals surface area (Å²) in [5, 5.41) is 19.6. The molecule has 4 unspecified atom stereocenters. The quantitative estimate of drug-likeness (QED) is 0.745. The lowest BCUT2D eigenvalue weighted by atomic mass is 9.69. The van der Waals surface area contributed by atoms with Crippen LogP contribution in [0.4, 0.5) is 0 Å². The number of aromatic hydroxyl groups is 2. The highest BCUT2D eigenvalue weighted by Crippen LogP contribution is 2.44. The van der Waals surface area contributed by atoms with Gasteiger partial charge < -0.3 is 10.2 Å². The Morgan fingerprint density at radius 2 is 1.71 bits per heavy atom. The molecule has 128 valence electrons. The van der Waals surface area contributed by atoms with Crippen molar-refractivity contribution in [2.75, 3.05) is 0 Å². The molecule has 1 fully saturated rings. The Morgan fingerprint density at radius 1 is 1.00 bits per heavy atom. The molecule has 0 radical (unpaired) electrons. The zero-order valence-corrected chi connectivity index (χ0v) is 14.7. The molecule has 1 aliphatic rings. The fourth-order valence-corrected chi connectivity index (χ4v) is 4.34. The molecule has 0 bridgehead atoms. The lowest BCUT2D eigenvalue weighted by molar-refractivity contribution is 0.232. The van der Waals surface area contributed by atoms with E-state index in [9.17, 15) is 10.2 Å². The van der Waals surface area contributed by atoms with Gasteiger partial charge in [-0.2, -0.15) is 0 Å². The van der Waals surface area contributed by atoms with Gasteiger partial charge >= 0.3 is 0 Å². The second-order valence-corrected chi connectivity index (χ2v) is 7.55. The fourth-order valence-electron chi connectivity index (χ4n) is 4.34. The van der Waals surface area contributed by atoms with Crippen LogP contribution >= 0.6 is 0 Å². The summed E-state index contributed by atoms with van der Waals surface area (Å²) in [6.45, 7) is 4.57. The number of para-hydroxylation sites is 1. The number of benzene rings is 2. The number of hydrogen-bond donors (Lipinski definition) is 2.